The molecule has 32 heavy (non-hydrogen) atoms. The Morgan fingerprint density at radius 1 is 1.09 bits per heavy atom. The summed E-state index contributed by atoms with van der Waals surface area (Å²) in [4.78, 5) is 32.2. The Bertz CT molecular complexity index is 1160. The lowest BCUT2D eigenvalue weighted by Crippen LogP contribution is -2.33. The number of anilines is 1. The summed E-state index contributed by atoms with van der Waals surface area (Å²) in [5.41, 5.74) is 3.77. The van der Waals surface area contributed by atoms with Crippen molar-refractivity contribution in [2.45, 2.75) is 25.9 Å². The normalized spacial score (nSPS) is 14.8. The molecule has 0 radical (unpaired) electrons. The number of aryl methyl sites for hydroxylation is 1. The van der Waals surface area contributed by atoms with E-state index < -0.39 is 6.04 Å². The highest BCUT2D eigenvalue weighted by Gasteiger charge is 2.39. The standard InChI is InChI=1S/C25H25N3O4/c1-16-6-4-7-18(12-16)28-21(24-20(25(28)30)8-5-11-26-24)14-23(29)27-15-17-9-10-19(31-2)13-22(17)32-3/h4-13,21H,14-15H2,1-3H3,(H,27,29)/t21-/m1/s1. The number of pyridine rings is 1. The lowest BCUT2D eigenvalue weighted by Gasteiger charge is -2.25. The number of hydrogen-bond acceptors (Lipinski definition) is 5. The van der Waals surface area contributed by atoms with Gasteiger partial charge in [-0.15, -0.1) is 0 Å². The molecule has 1 atom stereocenters. The Labute approximate surface area is 187 Å². The van der Waals surface area contributed by atoms with Gasteiger partial charge >= 0.3 is 0 Å². The second-order valence-electron chi connectivity index (χ2n) is 7.62. The van der Waals surface area contributed by atoms with Crippen molar-refractivity contribution in [3.8, 4) is 11.5 Å². The fourth-order valence-corrected chi connectivity index (χ4v) is 3.96. The summed E-state index contributed by atoms with van der Waals surface area (Å²) in [5, 5.41) is 2.94. The lowest BCUT2D eigenvalue weighted by atomic mass is 10.1. The Balaban J connectivity index is 1.54. The molecule has 3 aromatic rings. The monoisotopic (exact) mass is 431 g/mol. The van der Waals surface area contributed by atoms with E-state index in [0.29, 0.717) is 29.3 Å². The molecule has 2 amide bonds. The molecular weight excluding hydrogens is 406 g/mol. The van der Waals surface area contributed by atoms with Gasteiger partial charge < -0.3 is 14.8 Å². The topological polar surface area (TPSA) is 80.8 Å². The molecule has 0 bridgehead atoms. The van der Waals surface area contributed by atoms with Gasteiger partial charge in [-0.3, -0.25) is 19.5 Å². The van der Waals surface area contributed by atoms with E-state index in [0.717, 1.165) is 16.8 Å². The predicted molar refractivity (Wildman–Crippen MR) is 121 cm³/mol. The van der Waals surface area contributed by atoms with Crippen molar-refractivity contribution in [1.29, 1.82) is 0 Å². The Kier molecular flexibility index (Phi) is 6.07. The summed E-state index contributed by atoms with van der Waals surface area (Å²) in [6, 6.07) is 16.2. The summed E-state index contributed by atoms with van der Waals surface area (Å²) in [5.74, 6) is 0.983. The smallest absolute Gasteiger partial charge is 0.260 e. The number of aromatic nitrogens is 1. The highest BCUT2D eigenvalue weighted by Crippen LogP contribution is 2.38. The lowest BCUT2D eigenvalue weighted by molar-refractivity contribution is -0.121. The van der Waals surface area contributed by atoms with Crippen LogP contribution in [0.3, 0.4) is 0 Å². The molecule has 1 aromatic heterocycles. The van der Waals surface area contributed by atoms with Gasteiger partial charge in [0.15, 0.2) is 0 Å². The van der Waals surface area contributed by atoms with Crippen LogP contribution >= 0.6 is 0 Å². The molecule has 0 aliphatic carbocycles. The number of rotatable bonds is 7. The van der Waals surface area contributed by atoms with Crippen LogP contribution in [0, 0.1) is 6.92 Å². The fourth-order valence-electron chi connectivity index (χ4n) is 3.96. The fraction of sp³-hybridized carbons (Fsp3) is 0.240. The number of amides is 2. The zero-order chi connectivity index (χ0) is 22.7. The number of carbonyl (C=O) groups excluding carboxylic acids is 2. The van der Waals surface area contributed by atoms with Crippen molar-refractivity contribution in [2.24, 2.45) is 0 Å². The first-order valence-corrected chi connectivity index (χ1v) is 10.3. The third-order valence-corrected chi connectivity index (χ3v) is 5.54. The van der Waals surface area contributed by atoms with Crippen LogP contribution < -0.4 is 19.7 Å². The van der Waals surface area contributed by atoms with Crippen LogP contribution in [0.25, 0.3) is 0 Å². The molecule has 4 rings (SSSR count). The summed E-state index contributed by atoms with van der Waals surface area (Å²) in [7, 11) is 3.16. The maximum absolute atomic E-state index is 13.1. The summed E-state index contributed by atoms with van der Waals surface area (Å²) in [6.07, 6.45) is 1.75. The van der Waals surface area contributed by atoms with Crippen LogP contribution in [0.2, 0.25) is 0 Å². The van der Waals surface area contributed by atoms with E-state index in [2.05, 4.69) is 10.3 Å². The van der Waals surface area contributed by atoms with Gasteiger partial charge in [0.05, 0.1) is 37.9 Å². The van der Waals surface area contributed by atoms with Crippen LogP contribution in [-0.2, 0) is 11.3 Å². The largest absolute Gasteiger partial charge is 0.497 e. The summed E-state index contributed by atoms with van der Waals surface area (Å²) < 4.78 is 10.6. The first-order chi connectivity index (χ1) is 15.5. The number of methoxy groups -OCH3 is 2. The zero-order valence-corrected chi connectivity index (χ0v) is 18.3. The number of hydrogen-bond donors (Lipinski definition) is 1. The number of fused-ring (bicyclic) bond motifs is 1. The molecule has 0 unspecified atom stereocenters. The van der Waals surface area contributed by atoms with Crippen molar-refractivity contribution in [3.63, 3.8) is 0 Å². The molecule has 1 N–H and O–H groups in total. The molecular formula is C25H25N3O4. The average Bonchev–Trinajstić information content (AvgIpc) is 3.09. The van der Waals surface area contributed by atoms with E-state index >= 15 is 0 Å². The number of nitrogens with one attached hydrogen (secondary N) is 1. The van der Waals surface area contributed by atoms with Crippen molar-refractivity contribution in [2.75, 3.05) is 19.1 Å². The van der Waals surface area contributed by atoms with E-state index in [1.165, 1.54) is 0 Å². The van der Waals surface area contributed by atoms with E-state index in [9.17, 15) is 9.59 Å². The number of benzene rings is 2. The van der Waals surface area contributed by atoms with E-state index in [4.69, 9.17) is 9.47 Å². The number of carbonyl (C=O) groups is 2. The minimum Gasteiger partial charge on any atom is -0.497 e. The minimum absolute atomic E-state index is 0.0994. The van der Waals surface area contributed by atoms with E-state index in [1.807, 2.05) is 43.3 Å². The summed E-state index contributed by atoms with van der Waals surface area (Å²) >= 11 is 0. The molecule has 7 heteroatoms. The molecule has 2 heterocycles. The first kappa shape index (κ1) is 21.4. The molecule has 2 aromatic carbocycles. The third-order valence-electron chi connectivity index (χ3n) is 5.54. The average molecular weight is 431 g/mol. The maximum atomic E-state index is 13.1. The van der Waals surface area contributed by atoms with Crippen LogP contribution in [-0.4, -0.2) is 31.0 Å². The predicted octanol–water partition coefficient (Wildman–Crippen LogP) is 3.82. The molecule has 0 saturated heterocycles. The van der Waals surface area contributed by atoms with Gasteiger partial charge in [0.25, 0.3) is 5.91 Å². The molecule has 7 nitrogen and oxygen atoms in total. The highest BCUT2D eigenvalue weighted by molar-refractivity contribution is 6.11. The Morgan fingerprint density at radius 2 is 1.94 bits per heavy atom. The first-order valence-electron chi connectivity index (χ1n) is 10.3. The number of nitrogens with zero attached hydrogens (tertiary/aromatic N) is 2. The zero-order valence-electron chi connectivity index (χ0n) is 18.3. The van der Waals surface area contributed by atoms with Crippen molar-refractivity contribution in [1.82, 2.24) is 10.3 Å². The van der Waals surface area contributed by atoms with Crippen LogP contribution in [0.15, 0.2) is 60.8 Å². The highest BCUT2D eigenvalue weighted by atomic mass is 16.5. The van der Waals surface area contributed by atoms with Gasteiger partial charge in [0.2, 0.25) is 5.91 Å². The molecule has 0 fully saturated rings. The molecule has 0 saturated carbocycles. The molecule has 1 aliphatic rings. The van der Waals surface area contributed by atoms with Crippen molar-refractivity contribution < 1.29 is 19.1 Å². The number of ether oxygens (including phenoxy) is 2. The van der Waals surface area contributed by atoms with E-state index in [-0.39, 0.29) is 18.2 Å². The van der Waals surface area contributed by atoms with E-state index in [1.54, 1.807) is 43.5 Å². The maximum Gasteiger partial charge on any atom is 0.260 e. The van der Waals surface area contributed by atoms with Crippen LogP contribution in [0.1, 0.15) is 39.6 Å². The van der Waals surface area contributed by atoms with Gasteiger partial charge in [0, 0.05) is 30.1 Å². The minimum atomic E-state index is -0.474. The SMILES string of the molecule is COc1ccc(CNC(=O)C[C@@H]2c3ncccc3C(=O)N2c2cccc(C)c2)c(OC)c1. The van der Waals surface area contributed by atoms with Crippen LogP contribution in [0.4, 0.5) is 5.69 Å². The quantitative estimate of drug-likeness (QED) is 0.615. The van der Waals surface area contributed by atoms with Crippen molar-refractivity contribution >= 4 is 17.5 Å². The van der Waals surface area contributed by atoms with Gasteiger partial charge in [-0.1, -0.05) is 12.1 Å². The Hall–Kier alpha value is -3.87. The Morgan fingerprint density at radius 3 is 2.69 bits per heavy atom. The summed E-state index contributed by atoms with van der Waals surface area (Å²) in [6.45, 7) is 2.27. The molecule has 0 spiro atoms. The molecule has 1 aliphatic heterocycles. The second-order valence-corrected chi connectivity index (χ2v) is 7.62. The van der Waals surface area contributed by atoms with Gasteiger partial charge in [-0.2, -0.15) is 0 Å². The van der Waals surface area contributed by atoms with Gasteiger partial charge in [-0.05, 0) is 48.9 Å². The third kappa shape index (κ3) is 4.14. The van der Waals surface area contributed by atoms with Crippen LogP contribution in [0.5, 0.6) is 11.5 Å². The second kappa shape index (κ2) is 9.09. The molecule has 164 valence electrons. The van der Waals surface area contributed by atoms with Gasteiger partial charge in [-0.25, -0.2) is 0 Å². The van der Waals surface area contributed by atoms with Crippen molar-refractivity contribution in [3.05, 3.63) is 83.2 Å². The van der Waals surface area contributed by atoms with Gasteiger partial charge in [0.1, 0.15) is 11.5 Å².